The number of nitrogens with one attached hydrogen (secondary N) is 1. The number of aliphatic hydroxyl groups is 1. The normalized spacial score (nSPS) is 31.2. The van der Waals surface area contributed by atoms with Gasteiger partial charge in [0, 0.05) is 20.1 Å². The van der Waals surface area contributed by atoms with Gasteiger partial charge in [0.15, 0.2) is 0 Å². The fourth-order valence-electron chi connectivity index (χ4n) is 7.90. The molecule has 0 aliphatic carbocycles. The predicted octanol–water partition coefficient (Wildman–Crippen LogP) is 4.00. The van der Waals surface area contributed by atoms with Crippen LogP contribution in [0.25, 0.3) is 0 Å². The van der Waals surface area contributed by atoms with Crippen LogP contribution >= 0.6 is 11.6 Å². The number of hydrogen-bond donors (Lipinski definition) is 2. The zero-order valence-electron chi connectivity index (χ0n) is 28.4. The number of nitrogens with zero attached hydrogens (tertiary/aromatic N) is 2. The molecule has 2 fully saturated rings. The Bertz CT molecular complexity index is 1650. The molecule has 4 aliphatic heterocycles. The molecular formula is C38H44ClN3O8. The van der Waals surface area contributed by atoms with Crippen LogP contribution < -0.4 is 10.2 Å². The molecule has 0 aromatic heterocycles. The summed E-state index contributed by atoms with van der Waals surface area (Å²) in [4.78, 5) is 60.5. The van der Waals surface area contributed by atoms with Gasteiger partial charge < -0.3 is 34.4 Å². The number of carbonyl (C=O) groups is 4. The molecule has 5 bridgehead atoms. The van der Waals surface area contributed by atoms with Crippen LogP contribution in [0.4, 0.5) is 5.69 Å². The molecule has 50 heavy (non-hydrogen) atoms. The standard InChI is InChI=1S/C38H44ClN3O8/c1-23(2)20-25(21-43)42-34-36(46)41(28-15-10-9-14-26(28)39)19-11-5-8-16-30(44)40-27(22-48-3)33(24-12-6-4-7-13-24)49-37(47)31-29-17-18-38(34,50-29)32(31)35(42)45/h4-7,9-15,17-18,23,25,27,29,31-34,43H,8,16,19-22H2,1-3H3,(H,40,44)/b11-5-/t25-,27+,29-,31+,32+,33+,34-,38+/m1/s1. The van der Waals surface area contributed by atoms with Crippen molar-refractivity contribution in [2.45, 2.75) is 69.0 Å². The van der Waals surface area contributed by atoms with Gasteiger partial charge in [-0.05, 0) is 36.5 Å². The summed E-state index contributed by atoms with van der Waals surface area (Å²) in [7, 11) is 1.50. The summed E-state index contributed by atoms with van der Waals surface area (Å²) in [6.07, 6.45) is 6.17. The van der Waals surface area contributed by atoms with Gasteiger partial charge in [-0.25, -0.2) is 0 Å². The second-order valence-corrected chi connectivity index (χ2v) is 14.1. The van der Waals surface area contributed by atoms with E-state index in [1.54, 1.807) is 54.6 Å². The van der Waals surface area contributed by atoms with Gasteiger partial charge in [-0.15, -0.1) is 0 Å². The van der Waals surface area contributed by atoms with E-state index >= 15 is 4.79 Å². The Balaban J connectivity index is 1.49. The molecule has 1 spiro atoms. The highest BCUT2D eigenvalue weighted by atomic mass is 35.5. The van der Waals surface area contributed by atoms with Gasteiger partial charge in [-0.3, -0.25) is 19.2 Å². The Hall–Kier alpha value is -4.03. The lowest BCUT2D eigenvalue weighted by Gasteiger charge is -2.39. The number of hydrogen-bond acceptors (Lipinski definition) is 8. The van der Waals surface area contributed by atoms with Crippen molar-refractivity contribution in [2.75, 3.05) is 31.8 Å². The number of allylic oxidation sites excluding steroid dienone is 1. The molecule has 8 atom stereocenters. The number of rotatable bonds is 8. The van der Waals surface area contributed by atoms with Crippen LogP contribution in [-0.2, 0) is 33.4 Å². The summed E-state index contributed by atoms with van der Waals surface area (Å²) >= 11 is 6.67. The number of halogens is 1. The summed E-state index contributed by atoms with van der Waals surface area (Å²) in [6.45, 7) is 3.70. The van der Waals surface area contributed by atoms with Crippen LogP contribution in [-0.4, -0.2) is 90.4 Å². The monoisotopic (exact) mass is 705 g/mol. The average molecular weight is 706 g/mol. The highest BCUT2D eigenvalue weighted by molar-refractivity contribution is 6.34. The average Bonchev–Trinajstić information content (AvgIpc) is 3.75. The second-order valence-electron chi connectivity index (χ2n) is 13.7. The summed E-state index contributed by atoms with van der Waals surface area (Å²) in [6, 6.07) is 13.3. The first-order chi connectivity index (χ1) is 24.1. The number of likely N-dealkylation sites (tertiary alicyclic amines) is 1. The number of benzene rings is 2. The van der Waals surface area contributed by atoms with E-state index in [0.717, 1.165) is 0 Å². The van der Waals surface area contributed by atoms with Crippen molar-refractivity contribution >= 4 is 41.0 Å². The quantitative estimate of drug-likeness (QED) is 0.311. The van der Waals surface area contributed by atoms with E-state index in [0.29, 0.717) is 29.1 Å². The number of cyclic esters (lactones) is 1. The number of aliphatic hydroxyl groups excluding tert-OH is 1. The van der Waals surface area contributed by atoms with Gasteiger partial charge in [0.05, 0.1) is 48.0 Å². The lowest BCUT2D eigenvalue weighted by Crippen LogP contribution is -2.59. The van der Waals surface area contributed by atoms with Crippen LogP contribution in [0.2, 0.25) is 5.02 Å². The molecule has 2 aromatic carbocycles. The summed E-state index contributed by atoms with van der Waals surface area (Å²) in [5.74, 6) is -4.03. The number of anilines is 1. The number of amides is 3. The lowest BCUT2D eigenvalue weighted by molar-refractivity contribution is -0.162. The Labute approximate surface area is 297 Å². The van der Waals surface area contributed by atoms with Crippen LogP contribution in [0.3, 0.4) is 0 Å². The molecule has 12 heteroatoms. The number of fused-ring (bicyclic) bond motifs is 2. The number of carbonyl (C=O) groups excluding carboxylic acids is 4. The molecule has 4 heterocycles. The number of methoxy groups -OCH3 is 1. The van der Waals surface area contributed by atoms with Gasteiger partial charge in [-0.2, -0.15) is 0 Å². The summed E-state index contributed by atoms with van der Waals surface area (Å²) in [5, 5.41) is 14.0. The Morgan fingerprint density at radius 3 is 2.48 bits per heavy atom. The summed E-state index contributed by atoms with van der Waals surface area (Å²) in [5.41, 5.74) is -0.445. The number of para-hydroxylation sites is 1. The van der Waals surface area contributed by atoms with Crippen molar-refractivity contribution in [3.63, 3.8) is 0 Å². The van der Waals surface area contributed by atoms with Crippen molar-refractivity contribution in [3.05, 3.63) is 89.5 Å². The van der Waals surface area contributed by atoms with Crippen LogP contribution in [0.1, 0.15) is 44.8 Å². The molecule has 266 valence electrons. The topological polar surface area (TPSA) is 135 Å². The second kappa shape index (κ2) is 15.1. The minimum absolute atomic E-state index is 0.0513. The fourth-order valence-corrected chi connectivity index (χ4v) is 8.14. The fraction of sp³-hybridized carbons (Fsp3) is 0.474. The minimum atomic E-state index is -1.51. The number of esters is 1. The highest BCUT2D eigenvalue weighted by Crippen LogP contribution is 2.56. The Morgan fingerprint density at radius 2 is 1.78 bits per heavy atom. The van der Waals surface area contributed by atoms with Crippen LogP contribution in [0.5, 0.6) is 0 Å². The predicted molar refractivity (Wildman–Crippen MR) is 186 cm³/mol. The lowest BCUT2D eigenvalue weighted by atomic mass is 9.74. The van der Waals surface area contributed by atoms with Crippen LogP contribution in [0, 0.1) is 17.8 Å². The Kier molecular flexibility index (Phi) is 10.8. The minimum Gasteiger partial charge on any atom is -0.455 e. The van der Waals surface area contributed by atoms with Crippen molar-refractivity contribution in [1.29, 1.82) is 0 Å². The van der Waals surface area contributed by atoms with Gasteiger partial charge in [-0.1, -0.05) is 92.2 Å². The smallest absolute Gasteiger partial charge is 0.313 e. The third kappa shape index (κ3) is 6.59. The van der Waals surface area contributed by atoms with E-state index in [2.05, 4.69) is 5.32 Å². The molecular weight excluding hydrogens is 662 g/mol. The van der Waals surface area contributed by atoms with Crippen molar-refractivity contribution in [1.82, 2.24) is 10.2 Å². The highest BCUT2D eigenvalue weighted by Gasteiger charge is 2.74. The van der Waals surface area contributed by atoms with Gasteiger partial charge >= 0.3 is 5.97 Å². The van der Waals surface area contributed by atoms with E-state index in [1.807, 2.05) is 38.1 Å². The largest absolute Gasteiger partial charge is 0.455 e. The van der Waals surface area contributed by atoms with E-state index < -0.39 is 65.6 Å². The number of ether oxygens (including phenoxy) is 3. The molecule has 0 radical (unpaired) electrons. The maximum Gasteiger partial charge on any atom is 0.313 e. The van der Waals surface area contributed by atoms with Crippen molar-refractivity contribution in [2.24, 2.45) is 17.8 Å². The SMILES string of the molecule is COC[C@@H]1NC(=O)CC/C=C\CN(c2ccccc2Cl)C(=O)[C@H]2N([C@@H](CO)CC(C)C)C(=O)[C@@H]3[C@@H](C(=O)O[C@H]1c1ccccc1)[C@H]1C=C[C@]32O1. The van der Waals surface area contributed by atoms with Gasteiger partial charge in [0.2, 0.25) is 11.8 Å². The third-order valence-corrected chi connectivity index (χ3v) is 10.3. The maximum atomic E-state index is 15.1. The maximum absolute atomic E-state index is 15.1. The first kappa shape index (κ1) is 35.8. The van der Waals surface area contributed by atoms with Crippen molar-refractivity contribution < 1.29 is 38.5 Å². The molecule has 3 amide bonds. The van der Waals surface area contributed by atoms with E-state index in [1.165, 1.54) is 16.9 Å². The van der Waals surface area contributed by atoms with Crippen molar-refractivity contribution in [3.8, 4) is 0 Å². The first-order valence-electron chi connectivity index (χ1n) is 17.2. The Morgan fingerprint density at radius 1 is 1.04 bits per heavy atom. The molecule has 0 unspecified atom stereocenters. The molecule has 11 nitrogen and oxygen atoms in total. The van der Waals surface area contributed by atoms with E-state index in [4.69, 9.17) is 25.8 Å². The molecule has 2 aromatic rings. The molecule has 4 aliphatic rings. The van der Waals surface area contributed by atoms with Gasteiger partial charge in [0.1, 0.15) is 23.7 Å². The van der Waals surface area contributed by atoms with E-state index in [-0.39, 0.29) is 38.0 Å². The molecule has 2 saturated heterocycles. The molecule has 0 saturated carbocycles. The van der Waals surface area contributed by atoms with E-state index in [9.17, 15) is 19.5 Å². The molecule has 2 N–H and O–H groups in total. The molecule has 6 rings (SSSR count). The zero-order valence-corrected chi connectivity index (χ0v) is 29.2. The summed E-state index contributed by atoms with van der Waals surface area (Å²) < 4.78 is 18.4. The first-order valence-corrected chi connectivity index (χ1v) is 17.5. The van der Waals surface area contributed by atoms with Gasteiger partial charge in [0.25, 0.3) is 5.91 Å². The van der Waals surface area contributed by atoms with Crippen LogP contribution in [0.15, 0.2) is 78.9 Å². The third-order valence-electron chi connectivity index (χ3n) is 10.00. The zero-order chi connectivity index (χ0) is 35.6.